The monoisotopic (exact) mass is 203 g/mol. The van der Waals surface area contributed by atoms with Crippen LogP contribution in [0.4, 0.5) is 0 Å². The maximum atomic E-state index is 5.50. The lowest BCUT2D eigenvalue weighted by Gasteiger charge is -2.13. The summed E-state index contributed by atoms with van der Waals surface area (Å²) in [6.45, 7) is 7.71. The number of methoxy groups -OCH3 is 1. The van der Waals surface area contributed by atoms with Crippen molar-refractivity contribution >= 4 is 0 Å². The highest BCUT2D eigenvalue weighted by Crippen LogP contribution is 1.92. The average molecular weight is 203 g/mol. The summed E-state index contributed by atoms with van der Waals surface area (Å²) in [4.78, 5) is 0. The molecule has 0 aliphatic heterocycles. The summed E-state index contributed by atoms with van der Waals surface area (Å²) in [6, 6.07) is 0. The second kappa shape index (κ2) is 11.0. The van der Waals surface area contributed by atoms with Crippen molar-refractivity contribution in [2.75, 3.05) is 33.4 Å². The van der Waals surface area contributed by atoms with Crippen molar-refractivity contribution in [1.82, 2.24) is 5.32 Å². The third-order valence-corrected chi connectivity index (χ3v) is 2.08. The molecule has 0 fully saturated rings. The van der Waals surface area contributed by atoms with Gasteiger partial charge in [-0.3, -0.25) is 0 Å². The molecule has 0 aromatic carbocycles. The Kier molecular flexibility index (Phi) is 10.9. The van der Waals surface area contributed by atoms with E-state index in [-0.39, 0.29) is 6.10 Å². The highest BCUT2D eigenvalue weighted by molar-refractivity contribution is 4.55. The van der Waals surface area contributed by atoms with Crippen LogP contribution in [-0.2, 0) is 9.47 Å². The lowest BCUT2D eigenvalue weighted by Crippen LogP contribution is -2.28. The molecule has 0 amide bonds. The van der Waals surface area contributed by atoms with Gasteiger partial charge < -0.3 is 14.8 Å². The predicted molar refractivity (Wildman–Crippen MR) is 59.7 cm³/mol. The summed E-state index contributed by atoms with van der Waals surface area (Å²) in [5.41, 5.74) is 0. The molecule has 0 aromatic heterocycles. The Morgan fingerprint density at radius 3 is 2.64 bits per heavy atom. The molecule has 3 nitrogen and oxygen atoms in total. The van der Waals surface area contributed by atoms with Crippen LogP contribution in [0.1, 0.15) is 33.1 Å². The number of hydrogen-bond donors (Lipinski definition) is 1. The van der Waals surface area contributed by atoms with Crippen LogP contribution in [0.3, 0.4) is 0 Å². The van der Waals surface area contributed by atoms with Crippen molar-refractivity contribution in [3.8, 4) is 0 Å². The van der Waals surface area contributed by atoms with Crippen molar-refractivity contribution < 1.29 is 9.47 Å². The molecule has 3 heteroatoms. The van der Waals surface area contributed by atoms with E-state index in [1.165, 1.54) is 19.3 Å². The molecule has 0 bridgehead atoms. The number of ether oxygens (including phenoxy) is 2. The van der Waals surface area contributed by atoms with Crippen LogP contribution in [0.2, 0.25) is 0 Å². The van der Waals surface area contributed by atoms with Gasteiger partial charge in [-0.25, -0.2) is 0 Å². The standard InChI is InChI=1S/C11H25NO2/c1-4-5-6-7-12-10-11(2)14-9-8-13-3/h11-12H,4-10H2,1-3H3. The van der Waals surface area contributed by atoms with Crippen molar-refractivity contribution in [2.45, 2.75) is 39.2 Å². The Morgan fingerprint density at radius 1 is 1.21 bits per heavy atom. The van der Waals surface area contributed by atoms with E-state index in [0.29, 0.717) is 13.2 Å². The van der Waals surface area contributed by atoms with Crippen LogP contribution >= 0.6 is 0 Å². The van der Waals surface area contributed by atoms with E-state index in [2.05, 4.69) is 19.2 Å². The van der Waals surface area contributed by atoms with Crippen LogP contribution in [0.15, 0.2) is 0 Å². The smallest absolute Gasteiger partial charge is 0.0704 e. The van der Waals surface area contributed by atoms with Gasteiger partial charge in [0, 0.05) is 13.7 Å². The van der Waals surface area contributed by atoms with Gasteiger partial charge in [0.05, 0.1) is 19.3 Å². The molecule has 0 radical (unpaired) electrons. The van der Waals surface area contributed by atoms with Crippen LogP contribution < -0.4 is 5.32 Å². The predicted octanol–water partition coefficient (Wildman–Crippen LogP) is 1.82. The minimum absolute atomic E-state index is 0.284. The number of unbranched alkanes of at least 4 members (excludes halogenated alkanes) is 2. The van der Waals surface area contributed by atoms with Crippen LogP contribution in [-0.4, -0.2) is 39.5 Å². The maximum absolute atomic E-state index is 5.50. The van der Waals surface area contributed by atoms with Crippen LogP contribution in [0.5, 0.6) is 0 Å². The van der Waals surface area contributed by atoms with Crippen LogP contribution in [0, 0.1) is 0 Å². The van der Waals surface area contributed by atoms with E-state index in [4.69, 9.17) is 9.47 Å². The van der Waals surface area contributed by atoms with Gasteiger partial charge in [-0.05, 0) is 19.9 Å². The summed E-state index contributed by atoms with van der Waals surface area (Å²) < 4.78 is 10.4. The lowest BCUT2D eigenvalue weighted by atomic mass is 10.2. The summed E-state index contributed by atoms with van der Waals surface area (Å²) in [6.07, 6.45) is 4.14. The highest BCUT2D eigenvalue weighted by Gasteiger charge is 2.00. The lowest BCUT2D eigenvalue weighted by molar-refractivity contribution is 0.0268. The molecule has 0 heterocycles. The number of rotatable bonds is 10. The molecule has 0 rings (SSSR count). The van der Waals surface area contributed by atoms with Gasteiger partial charge in [-0.15, -0.1) is 0 Å². The Morgan fingerprint density at radius 2 is 2.00 bits per heavy atom. The van der Waals surface area contributed by atoms with E-state index >= 15 is 0 Å². The number of nitrogens with one attached hydrogen (secondary N) is 1. The normalized spacial score (nSPS) is 13.1. The average Bonchev–Trinajstić information content (AvgIpc) is 2.18. The van der Waals surface area contributed by atoms with Crippen molar-refractivity contribution in [2.24, 2.45) is 0 Å². The van der Waals surface area contributed by atoms with E-state index in [1.54, 1.807) is 7.11 Å². The van der Waals surface area contributed by atoms with Gasteiger partial charge in [0.1, 0.15) is 0 Å². The zero-order valence-corrected chi connectivity index (χ0v) is 9.84. The summed E-state index contributed by atoms with van der Waals surface area (Å²) in [5.74, 6) is 0. The van der Waals surface area contributed by atoms with Crippen LogP contribution in [0.25, 0.3) is 0 Å². The van der Waals surface area contributed by atoms with Gasteiger partial charge in [0.15, 0.2) is 0 Å². The van der Waals surface area contributed by atoms with Gasteiger partial charge >= 0.3 is 0 Å². The quantitative estimate of drug-likeness (QED) is 0.549. The fourth-order valence-corrected chi connectivity index (χ4v) is 1.20. The fourth-order valence-electron chi connectivity index (χ4n) is 1.20. The first kappa shape index (κ1) is 13.9. The second-order valence-electron chi connectivity index (χ2n) is 3.59. The van der Waals surface area contributed by atoms with Gasteiger partial charge in [0.2, 0.25) is 0 Å². The molecule has 0 spiro atoms. The number of hydrogen-bond acceptors (Lipinski definition) is 3. The molecule has 0 aliphatic carbocycles. The first-order valence-corrected chi connectivity index (χ1v) is 5.62. The van der Waals surface area contributed by atoms with Gasteiger partial charge in [-0.2, -0.15) is 0 Å². The zero-order chi connectivity index (χ0) is 10.6. The first-order chi connectivity index (χ1) is 6.81. The third kappa shape index (κ3) is 9.96. The molecule has 1 atom stereocenters. The minimum atomic E-state index is 0.284. The zero-order valence-electron chi connectivity index (χ0n) is 9.84. The Bertz CT molecular complexity index is 109. The summed E-state index contributed by atoms with van der Waals surface area (Å²) in [5, 5.41) is 3.38. The molecule has 0 aromatic rings. The largest absolute Gasteiger partial charge is 0.382 e. The Balaban J connectivity index is 3.06. The second-order valence-corrected chi connectivity index (χ2v) is 3.59. The molecular weight excluding hydrogens is 178 g/mol. The SMILES string of the molecule is CCCCCNCC(C)OCCOC. The molecule has 1 N–H and O–H groups in total. The molecule has 14 heavy (non-hydrogen) atoms. The Hall–Kier alpha value is -0.120. The highest BCUT2D eigenvalue weighted by atomic mass is 16.5. The third-order valence-electron chi connectivity index (χ3n) is 2.08. The van der Waals surface area contributed by atoms with E-state index in [0.717, 1.165) is 13.1 Å². The molecular formula is C11H25NO2. The molecule has 1 unspecified atom stereocenters. The molecule has 0 aliphatic rings. The summed E-state index contributed by atoms with van der Waals surface area (Å²) in [7, 11) is 1.69. The van der Waals surface area contributed by atoms with Gasteiger partial charge in [0.25, 0.3) is 0 Å². The fraction of sp³-hybridized carbons (Fsp3) is 1.00. The first-order valence-electron chi connectivity index (χ1n) is 5.62. The summed E-state index contributed by atoms with van der Waals surface area (Å²) >= 11 is 0. The maximum Gasteiger partial charge on any atom is 0.0704 e. The van der Waals surface area contributed by atoms with Gasteiger partial charge in [-0.1, -0.05) is 19.8 Å². The van der Waals surface area contributed by atoms with Crippen molar-refractivity contribution in [1.29, 1.82) is 0 Å². The van der Waals surface area contributed by atoms with E-state index in [1.807, 2.05) is 0 Å². The minimum Gasteiger partial charge on any atom is -0.382 e. The van der Waals surface area contributed by atoms with E-state index < -0.39 is 0 Å². The molecule has 86 valence electrons. The van der Waals surface area contributed by atoms with Crippen molar-refractivity contribution in [3.05, 3.63) is 0 Å². The molecule has 0 saturated heterocycles. The van der Waals surface area contributed by atoms with Crippen molar-refractivity contribution in [3.63, 3.8) is 0 Å². The van der Waals surface area contributed by atoms with E-state index in [9.17, 15) is 0 Å². The Labute approximate surface area is 88.2 Å². The molecule has 0 saturated carbocycles. The topological polar surface area (TPSA) is 30.5 Å².